The molecular weight excluding hydrogens is 408 g/mol. The number of benzene rings is 2. The number of nitrogens with two attached hydrogens (primary N) is 1. The van der Waals surface area contributed by atoms with Gasteiger partial charge in [-0.2, -0.15) is 5.10 Å². The molecule has 5 rings (SSSR count). The van der Waals surface area contributed by atoms with E-state index in [4.69, 9.17) is 15.2 Å². The molecule has 32 heavy (non-hydrogen) atoms. The first-order valence-electron chi connectivity index (χ1n) is 10.7. The van der Waals surface area contributed by atoms with Gasteiger partial charge in [0, 0.05) is 11.9 Å². The molecule has 1 saturated carbocycles. The van der Waals surface area contributed by atoms with Crippen LogP contribution in [0.4, 0.5) is 5.69 Å². The maximum Gasteiger partial charge on any atom is 0.269 e. The summed E-state index contributed by atoms with van der Waals surface area (Å²) in [6, 6.07) is 14.7. The monoisotopic (exact) mass is 432 g/mol. The molecule has 8 heteroatoms. The summed E-state index contributed by atoms with van der Waals surface area (Å²) in [4.78, 5) is 24.8. The van der Waals surface area contributed by atoms with E-state index in [-0.39, 0.29) is 18.4 Å². The summed E-state index contributed by atoms with van der Waals surface area (Å²) in [6.45, 7) is 0.210. The van der Waals surface area contributed by atoms with Crippen molar-refractivity contribution in [2.75, 3.05) is 12.1 Å². The van der Waals surface area contributed by atoms with Crippen molar-refractivity contribution >= 4 is 17.5 Å². The lowest BCUT2D eigenvalue weighted by Gasteiger charge is -2.36. The van der Waals surface area contributed by atoms with E-state index in [9.17, 15) is 9.59 Å². The van der Waals surface area contributed by atoms with E-state index < -0.39 is 11.3 Å². The molecule has 2 aromatic carbocycles. The Hall–Kier alpha value is -3.81. The highest BCUT2D eigenvalue weighted by Crippen LogP contribution is 2.44. The lowest BCUT2D eigenvalue weighted by Crippen LogP contribution is -2.42. The second-order valence-corrected chi connectivity index (χ2v) is 8.22. The maximum absolute atomic E-state index is 13.6. The standard InChI is InChI=1S/C24H24N4O4/c25-22(29)19-10-13-28(27-19)18-7-5-17(6-8-18)26-23(30)24(11-2-1-3-12-24)16-4-9-20-21(14-16)32-15-31-20/h4-10,13-14H,1-3,11-12,15H2,(H2,25,29)(H,26,30). The Balaban J connectivity index is 1.38. The van der Waals surface area contributed by atoms with Crippen LogP contribution >= 0.6 is 0 Å². The summed E-state index contributed by atoms with van der Waals surface area (Å²) in [7, 11) is 0. The first kappa shape index (κ1) is 20.1. The molecule has 3 aromatic rings. The maximum atomic E-state index is 13.6. The SMILES string of the molecule is NC(=O)c1ccn(-c2ccc(NC(=O)C3(c4ccc5c(c4)OCO5)CCCCC3)cc2)n1. The average molecular weight is 432 g/mol. The third-order valence-electron chi connectivity index (χ3n) is 6.30. The number of ether oxygens (including phenoxy) is 2. The molecule has 3 N–H and O–H groups in total. The fourth-order valence-electron chi connectivity index (χ4n) is 4.54. The minimum absolute atomic E-state index is 0.0149. The van der Waals surface area contributed by atoms with Gasteiger partial charge in [0.25, 0.3) is 5.91 Å². The molecule has 0 unspecified atom stereocenters. The smallest absolute Gasteiger partial charge is 0.269 e. The quantitative estimate of drug-likeness (QED) is 0.641. The number of aromatic nitrogens is 2. The lowest BCUT2D eigenvalue weighted by molar-refractivity contribution is -0.122. The van der Waals surface area contributed by atoms with Crippen molar-refractivity contribution in [2.24, 2.45) is 5.73 Å². The van der Waals surface area contributed by atoms with E-state index >= 15 is 0 Å². The van der Waals surface area contributed by atoms with E-state index in [2.05, 4.69) is 10.4 Å². The van der Waals surface area contributed by atoms with Gasteiger partial charge in [-0.15, -0.1) is 0 Å². The highest BCUT2D eigenvalue weighted by atomic mass is 16.7. The number of anilines is 1. The molecule has 1 fully saturated rings. The second kappa shape index (κ2) is 8.03. The van der Waals surface area contributed by atoms with Crippen molar-refractivity contribution in [3.05, 3.63) is 66.0 Å². The first-order valence-corrected chi connectivity index (χ1v) is 10.7. The molecule has 2 aliphatic rings. The van der Waals surface area contributed by atoms with Crippen LogP contribution < -0.4 is 20.5 Å². The number of nitrogens with one attached hydrogen (secondary N) is 1. The van der Waals surface area contributed by atoms with E-state index in [1.54, 1.807) is 16.9 Å². The van der Waals surface area contributed by atoms with Crippen molar-refractivity contribution in [2.45, 2.75) is 37.5 Å². The number of hydrogen-bond donors (Lipinski definition) is 2. The minimum atomic E-state index is -0.601. The van der Waals surface area contributed by atoms with Crippen LogP contribution in [0.25, 0.3) is 5.69 Å². The largest absolute Gasteiger partial charge is 0.454 e. The van der Waals surface area contributed by atoms with Crippen molar-refractivity contribution in [3.8, 4) is 17.2 Å². The predicted molar refractivity (Wildman–Crippen MR) is 118 cm³/mol. The van der Waals surface area contributed by atoms with Crippen LogP contribution in [0.2, 0.25) is 0 Å². The van der Waals surface area contributed by atoms with Crippen molar-refractivity contribution in [1.82, 2.24) is 9.78 Å². The third-order valence-corrected chi connectivity index (χ3v) is 6.30. The molecular formula is C24H24N4O4. The number of fused-ring (bicyclic) bond motifs is 1. The highest BCUT2D eigenvalue weighted by Gasteiger charge is 2.42. The number of rotatable bonds is 5. The number of carbonyl (C=O) groups excluding carboxylic acids is 2. The van der Waals surface area contributed by atoms with Crippen LogP contribution in [0.3, 0.4) is 0 Å². The predicted octanol–water partition coefficient (Wildman–Crippen LogP) is 3.54. The normalized spacial score (nSPS) is 16.5. The van der Waals surface area contributed by atoms with Crippen LogP contribution in [0.15, 0.2) is 54.7 Å². The molecule has 1 aromatic heterocycles. The molecule has 164 valence electrons. The molecule has 1 aliphatic heterocycles. The summed E-state index contributed by atoms with van der Waals surface area (Å²) in [5.41, 5.74) is 7.29. The fraction of sp³-hybridized carbons (Fsp3) is 0.292. The minimum Gasteiger partial charge on any atom is -0.454 e. The number of amides is 2. The van der Waals surface area contributed by atoms with Crippen LogP contribution in [-0.4, -0.2) is 28.4 Å². The number of carbonyl (C=O) groups is 2. The van der Waals surface area contributed by atoms with Crippen LogP contribution in [-0.2, 0) is 10.2 Å². The first-order chi connectivity index (χ1) is 15.5. The van der Waals surface area contributed by atoms with E-state index in [0.29, 0.717) is 17.2 Å². The van der Waals surface area contributed by atoms with Crippen molar-refractivity contribution in [1.29, 1.82) is 0 Å². The van der Waals surface area contributed by atoms with E-state index in [1.807, 2.05) is 42.5 Å². The molecule has 0 radical (unpaired) electrons. The third kappa shape index (κ3) is 3.57. The average Bonchev–Trinajstić information content (AvgIpc) is 3.49. The molecule has 0 spiro atoms. The van der Waals surface area contributed by atoms with Crippen LogP contribution in [0.5, 0.6) is 11.5 Å². The Morgan fingerprint density at radius 3 is 2.44 bits per heavy atom. The van der Waals surface area contributed by atoms with Gasteiger partial charge in [-0.3, -0.25) is 9.59 Å². The topological polar surface area (TPSA) is 108 Å². The summed E-state index contributed by atoms with van der Waals surface area (Å²) in [5.74, 6) is 0.820. The molecule has 0 saturated heterocycles. The van der Waals surface area contributed by atoms with Gasteiger partial charge in [0.2, 0.25) is 12.7 Å². The molecule has 0 atom stereocenters. The summed E-state index contributed by atoms with van der Waals surface area (Å²) in [6.07, 6.45) is 6.39. The van der Waals surface area contributed by atoms with Gasteiger partial charge in [-0.05, 0) is 60.9 Å². The fourth-order valence-corrected chi connectivity index (χ4v) is 4.54. The Labute approximate surface area is 185 Å². The number of hydrogen-bond acceptors (Lipinski definition) is 5. The van der Waals surface area contributed by atoms with Gasteiger partial charge in [0.15, 0.2) is 11.5 Å². The van der Waals surface area contributed by atoms with Gasteiger partial charge >= 0.3 is 0 Å². The molecule has 0 bridgehead atoms. The number of nitrogens with zero attached hydrogens (tertiary/aromatic N) is 2. The molecule has 2 heterocycles. The van der Waals surface area contributed by atoms with E-state index in [1.165, 1.54) is 0 Å². The summed E-state index contributed by atoms with van der Waals surface area (Å²) < 4.78 is 12.6. The Kier molecular flexibility index (Phi) is 5.05. The zero-order valence-corrected chi connectivity index (χ0v) is 17.5. The highest BCUT2D eigenvalue weighted by molar-refractivity contribution is 5.99. The zero-order valence-electron chi connectivity index (χ0n) is 17.5. The Morgan fingerprint density at radius 2 is 1.72 bits per heavy atom. The van der Waals surface area contributed by atoms with E-state index in [0.717, 1.165) is 43.4 Å². The molecule has 8 nitrogen and oxygen atoms in total. The summed E-state index contributed by atoms with van der Waals surface area (Å²) in [5, 5.41) is 7.26. The zero-order chi connectivity index (χ0) is 22.1. The summed E-state index contributed by atoms with van der Waals surface area (Å²) >= 11 is 0. The molecule has 2 amide bonds. The Bertz CT molecular complexity index is 1160. The molecule has 1 aliphatic carbocycles. The van der Waals surface area contributed by atoms with Crippen LogP contribution in [0, 0.1) is 0 Å². The number of primary amides is 1. The van der Waals surface area contributed by atoms with Gasteiger partial charge < -0.3 is 20.5 Å². The van der Waals surface area contributed by atoms with Crippen LogP contribution in [0.1, 0.15) is 48.2 Å². The van der Waals surface area contributed by atoms with Crippen molar-refractivity contribution in [3.63, 3.8) is 0 Å². The van der Waals surface area contributed by atoms with Gasteiger partial charge in [0.05, 0.1) is 11.1 Å². The second-order valence-electron chi connectivity index (χ2n) is 8.22. The van der Waals surface area contributed by atoms with Gasteiger partial charge in [0.1, 0.15) is 5.69 Å². The van der Waals surface area contributed by atoms with Crippen molar-refractivity contribution < 1.29 is 19.1 Å². The Morgan fingerprint density at radius 1 is 0.969 bits per heavy atom. The lowest BCUT2D eigenvalue weighted by atomic mass is 9.68. The van der Waals surface area contributed by atoms with Gasteiger partial charge in [-0.25, -0.2) is 4.68 Å². The van der Waals surface area contributed by atoms with Gasteiger partial charge in [-0.1, -0.05) is 25.3 Å².